The lowest BCUT2D eigenvalue weighted by atomic mass is 9.82. The van der Waals surface area contributed by atoms with Crippen molar-refractivity contribution in [2.24, 2.45) is 0 Å². The first-order chi connectivity index (χ1) is 26.0. The van der Waals surface area contributed by atoms with Gasteiger partial charge in [-0.2, -0.15) is 0 Å². The van der Waals surface area contributed by atoms with Crippen LogP contribution in [0.1, 0.15) is 25.0 Å². The molecule has 53 heavy (non-hydrogen) atoms. The number of nitrogens with zero attached hydrogens (tertiary/aromatic N) is 1. The predicted molar refractivity (Wildman–Crippen MR) is 230 cm³/mol. The lowest BCUT2D eigenvalue weighted by molar-refractivity contribution is 0.660. The Balaban J connectivity index is 1.06. The van der Waals surface area contributed by atoms with Crippen LogP contribution in [0.25, 0.3) is 74.7 Å². The monoisotopic (exact) mass is 693 g/mol. The summed E-state index contributed by atoms with van der Waals surface area (Å²) in [7, 11) is 0. The maximum Gasteiger partial charge on any atom is 0.0543 e. The molecule has 0 saturated carbocycles. The Labute approximate surface area is 313 Å². The molecule has 1 heterocycles. The standard InChI is InChI=1S/C51H35NS/c1-51(2)45-14-7-5-13-44(45)50-46(51)15-9-16-47(50)52(37-25-29-43-42-12-6-8-17-48(42)53-49(43)31-37)36-23-18-32(19-24-36)34-21-26-39-35(30-34)22-28-40-38-11-4-3-10-33(38)20-27-41(39)40/h3-31H,1-2H3. The van der Waals surface area contributed by atoms with E-state index in [-0.39, 0.29) is 5.41 Å². The molecule has 0 spiro atoms. The van der Waals surface area contributed by atoms with Gasteiger partial charge in [0, 0.05) is 42.5 Å². The zero-order chi connectivity index (χ0) is 35.3. The molecule has 0 amide bonds. The van der Waals surface area contributed by atoms with Gasteiger partial charge in [-0.1, -0.05) is 147 Å². The van der Waals surface area contributed by atoms with Crippen molar-refractivity contribution in [3.63, 3.8) is 0 Å². The number of anilines is 3. The van der Waals surface area contributed by atoms with Gasteiger partial charge in [-0.05, 0) is 103 Å². The molecule has 10 aromatic rings. The van der Waals surface area contributed by atoms with Crippen LogP contribution in [0, 0.1) is 0 Å². The fraction of sp³-hybridized carbons (Fsp3) is 0.0588. The summed E-state index contributed by atoms with van der Waals surface area (Å²) in [5.41, 5.74) is 11.3. The highest BCUT2D eigenvalue weighted by Gasteiger charge is 2.37. The fourth-order valence-corrected chi connectivity index (χ4v) is 10.2. The van der Waals surface area contributed by atoms with Crippen molar-refractivity contribution in [3.8, 4) is 22.3 Å². The maximum absolute atomic E-state index is 2.47. The first-order valence-electron chi connectivity index (χ1n) is 18.4. The molecular formula is C51H35NS. The zero-order valence-corrected chi connectivity index (χ0v) is 30.4. The Morgan fingerprint density at radius 3 is 1.91 bits per heavy atom. The summed E-state index contributed by atoms with van der Waals surface area (Å²) in [5.74, 6) is 0. The van der Waals surface area contributed by atoms with Crippen LogP contribution in [-0.4, -0.2) is 0 Å². The van der Waals surface area contributed by atoms with Gasteiger partial charge in [-0.15, -0.1) is 11.3 Å². The van der Waals surface area contributed by atoms with Crippen molar-refractivity contribution in [3.05, 3.63) is 187 Å². The Hall–Kier alpha value is -6.22. The first kappa shape index (κ1) is 30.4. The minimum absolute atomic E-state index is 0.0819. The second-order valence-electron chi connectivity index (χ2n) is 14.9. The molecule has 0 aliphatic heterocycles. The molecule has 9 aromatic carbocycles. The van der Waals surface area contributed by atoms with Crippen LogP contribution < -0.4 is 4.90 Å². The van der Waals surface area contributed by atoms with E-state index in [9.17, 15) is 0 Å². The number of rotatable bonds is 4. The molecule has 0 N–H and O–H groups in total. The Kier molecular flexibility index (Phi) is 6.53. The molecule has 0 bridgehead atoms. The normalized spacial score (nSPS) is 13.2. The van der Waals surface area contributed by atoms with E-state index in [1.54, 1.807) is 0 Å². The summed E-state index contributed by atoms with van der Waals surface area (Å²) in [6.45, 7) is 4.72. The second kappa shape index (κ2) is 11.4. The molecular weight excluding hydrogens is 659 g/mol. The van der Waals surface area contributed by atoms with Crippen molar-refractivity contribution in [2.75, 3.05) is 4.90 Å². The quantitative estimate of drug-likeness (QED) is 0.166. The molecule has 0 radical (unpaired) electrons. The smallest absolute Gasteiger partial charge is 0.0543 e. The van der Waals surface area contributed by atoms with Crippen molar-refractivity contribution in [1.29, 1.82) is 0 Å². The van der Waals surface area contributed by atoms with Gasteiger partial charge in [0.25, 0.3) is 0 Å². The summed E-state index contributed by atoms with van der Waals surface area (Å²) >= 11 is 1.87. The molecule has 1 nitrogen and oxygen atoms in total. The molecule has 1 aliphatic rings. The van der Waals surface area contributed by atoms with Crippen LogP contribution in [0.5, 0.6) is 0 Å². The van der Waals surface area contributed by atoms with Gasteiger partial charge in [0.1, 0.15) is 0 Å². The molecule has 250 valence electrons. The van der Waals surface area contributed by atoms with E-state index in [0.717, 1.165) is 11.4 Å². The highest BCUT2D eigenvalue weighted by atomic mass is 32.1. The summed E-state index contributed by atoms with van der Waals surface area (Å²) in [6.07, 6.45) is 0. The van der Waals surface area contributed by atoms with Gasteiger partial charge in [-0.3, -0.25) is 0 Å². The summed E-state index contributed by atoms with van der Waals surface area (Å²) < 4.78 is 2.62. The largest absolute Gasteiger partial charge is 0.310 e. The third-order valence-corrected chi connectivity index (χ3v) is 12.8. The molecule has 0 saturated heterocycles. The van der Waals surface area contributed by atoms with E-state index in [1.165, 1.54) is 91.6 Å². The van der Waals surface area contributed by atoms with Gasteiger partial charge < -0.3 is 4.90 Å². The van der Waals surface area contributed by atoms with Crippen LogP contribution >= 0.6 is 11.3 Å². The Morgan fingerprint density at radius 1 is 0.415 bits per heavy atom. The molecule has 0 atom stereocenters. The van der Waals surface area contributed by atoms with E-state index in [0.29, 0.717) is 0 Å². The lowest BCUT2D eigenvalue weighted by Crippen LogP contribution is -2.16. The average molecular weight is 694 g/mol. The maximum atomic E-state index is 2.47. The van der Waals surface area contributed by atoms with Gasteiger partial charge in [0.2, 0.25) is 0 Å². The lowest BCUT2D eigenvalue weighted by Gasteiger charge is -2.29. The van der Waals surface area contributed by atoms with E-state index in [4.69, 9.17) is 0 Å². The highest BCUT2D eigenvalue weighted by molar-refractivity contribution is 7.25. The molecule has 0 fully saturated rings. The fourth-order valence-electron chi connectivity index (χ4n) is 9.01. The number of thiophene rings is 1. The van der Waals surface area contributed by atoms with Crippen LogP contribution in [0.4, 0.5) is 17.1 Å². The van der Waals surface area contributed by atoms with E-state index >= 15 is 0 Å². The van der Waals surface area contributed by atoms with E-state index in [2.05, 4.69) is 195 Å². The molecule has 2 heteroatoms. The van der Waals surface area contributed by atoms with E-state index in [1.807, 2.05) is 11.3 Å². The highest BCUT2D eigenvalue weighted by Crippen LogP contribution is 2.54. The number of hydrogen-bond acceptors (Lipinski definition) is 2. The average Bonchev–Trinajstić information content (AvgIpc) is 3.69. The van der Waals surface area contributed by atoms with Crippen molar-refractivity contribution >= 4 is 80.9 Å². The Bertz CT molecular complexity index is 3090. The SMILES string of the molecule is CC1(C)c2ccccc2-c2c(N(c3ccc(-c4ccc5c(ccc6c7ccccc7ccc56)c4)cc3)c3ccc4c(c3)sc3ccccc34)cccc21. The number of fused-ring (bicyclic) bond motifs is 11. The van der Waals surface area contributed by atoms with Crippen LogP contribution in [0.15, 0.2) is 176 Å². The second-order valence-corrected chi connectivity index (χ2v) is 16.0. The van der Waals surface area contributed by atoms with Crippen LogP contribution in [-0.2, 0) is 5.41 Å². The molecule has 1 aromatic heterocycles. The van der Waals surface area contributed by atoms with Gasteiger partial charge in [0.05, 0.1) is 5.69 Å². The molecule has 0 unspecified atom stereocenters. The number of benzene rings is 9. The number of hydrogen-bond donors (Lipinski definition) is 0. The molecule has 1 aliphatic carbocycles. The first-order valence-corrected chi connectivity index (χ1v) is 19.2. The summed E-state index contributed by atoms with van der Waals surface area (Å²) in [6, 6.07) is 65.4. The summed E-state index contributed by atoms with van der Waals surface area (Å²) in [5, 5.41) is 10.4. The minimum Gasteiger partial charge on any atom is -0.310 e. The van der Waals surface area contributed by atoms with Crippen molar-refractivity contribution in [1.82, 2.24) is 0 Å². The van der Waals surface area contributed by atoms with Gasteiger partial charge >= 0.3 is 0 Å². The van der Waals surface area contributed by atoms with Crippen molar-refractivity contribution in [2.45, 2.75) is 19.3 Å². The van der Waals surface area contributed by atoms with Crippen molar-refractivity contribution < 1.29 is 0 Å². The van der Waals surface area contributed by atoms with Gasteiger partial charge in [0.15, 0.2) is 0 Å². The van der Waals surface area contributed by atoms with E-state index < -0.39 is 0 Å². The topological polar surface area (TPSA) is 3.24 Å². The van der Waals surface area contributed by atoms with Crippen LogP contribution in [0.2, 0.25) is 0 Å². The molecule has 11 rings (SSSR count). The third kappa shape index (κ3) is 4.56. The Morgan fingerprint density at radius 2 is 1.04 bits per heavy atom. The third-order valence-electron chi connectivity index (χ3n) is 11.6. The summed E-state index contributed by atoms with van der Waals surface area (Å²) in [4.78, 5) is 2.47. The predicted octanol–water partition coefficient (Wildman–Crippen LogP) is 15.0. The minimum atomic E-state index is -0.0819. The van der Waals surface area contributed by atoms with Crippen LogP contribution in [0.3, 0.4) is 0 Å². The van der Waals surface area contributed by atoms with Gasteiger partial charge in [-0.25, -0.2) is 0 Å². The zero-order valence-electron chi connectivity index (χ0n) is 29.6.